The van der Waals surface area contributed by atoms with Crippen LogP contribution in [0.1, 0.15) is 17.5 Å². The number of nitrogens with zero attached hydrogens (tertiary/aromatic N) is 2. The Kier molecular flexibility index (Phi) is 2.20. The van der Waals surface area contributed by atoms with Gasteiger partial charge in [0.15, 0.2) is 5.82 Å². The second kappa shape index (κ2) is 3.81. The van der Waals surface area contributed by atoms with Gasteiger partial charge in [-0.2, -0.15) is 5.10 Å². The van der Waals surface area contributed by atoms with E-state index < -0.39 is 0 Å². The van der Waals surface area contributed by atoms with Crippen LogP contribution in [-0.2, 0) is 6.42 Å². The zero-order chi connectivity index (χ0) is 13.0. The van der Waals surface area contributed by atoms with Gasteiger partial charge in [0.05, 0.1) is 5.69 Å². The molecule has 5 heteroatoms. The van der Waals surface area contributed by atoms with E-state index in [4.69, 9.17) is 5.73 Å². The highest BCUT2D eigenvalue weighted by Crippen LogP contribution is 2.40. The summed E-state index contributed by atoms with van der Waals surface area (Å²) >= 11 is 0. The van der Waals surface area contributed by atoms with Gasteiger partial charge in [-0.1, -0.05) is 0 Å². The molecule has 4 nitrogen and oxygen atoms in total. The van der Waals surface area contributed by atoms with Crippen molar-refractivity contribution < 1.29 is 4.39 Å². The number of rotatable bonds is 1. The first-order valence-electron chi connectivity index (χ1n) is 6.59. The Labute approximate surface area is 110 Å². The van der Waals surface area contributed by atoms with Crippen LogP contribution in [-0.4, -0.2) is 29.3 Å². The molecule has 0 bridgehead atoms. The monoisotopic (exact) mass is 258 g/mol. The molecule has 0 saturated carbocycles. The molecule has 1 aliphatic heterocycles. The summed E-state index contributed by atoms with van der Waals surface area (Å²) in [6.45, 7) is 1.80. The van der Waals surface area contributed by atoms with E-state index in [0.29, 0.717) is 0 Å². The molecule has 19 heavy (non-hydrogen) atoms. The molecule has 1 aliphatic carbocycles. The highest BCUT2D eigenvalue weighted by Gasteiger charge is 2.29. The number of aromatic nitrogens is 2. The normalized spacial score (nSPS) is 20.7. The molecular weight excluding hydrogens is 243 g/mol. The minimum absolute atomic E-state index is 0.179. The first kappa shape index (κ1) is 11.0. The topological polar surface area (TPSA) is 57.9 Å². The molecule has 1 fully saturated rings. The van der Waals surface area contributed by atoms with Crippen molar-refractivity contribution in [2.75, 3.05) is 18.0 Å². The summed E-state index contributed by atoms with van der Waals surface area (Å²) in [6, 6.07) is 5.17. The Hall–Kier alpha value is -1.88. The van der Waals surface area contributed by atoms with Gasteiger partial charge in [0.1, 0.15) is 5.82 Å². The summed E-state index contributed by atoms with van der Waals surface area (Å²) in [5, 5.41) is 7.53. The van der Waals surface area contributed by atoms with Crippen LogP contribution in [0.3, 0.4) is 0 Å². The van der Waals surface area contributed by atoms with Crippen LogP contribution < -0.4 is 10.6 Å². The molecule has 1 atom stereocenters. The summed E-state index contributed by atoms with van der Waals surface area (Å²) in [7, 11) is 0. The van der Waals surface area contributed by atoms with E-state index in [1.54, 1.807) is 6.07 Å². The van der Waals surface area contributed by atoms with E-state index in [-0.39, 0.29) is 11.9 Å². The van der Waals surface area contributed by atoms with E-state index in [1.165, 1.54) is 11.6 Å². The number of H-pyrrole nitrogens is 1. The number of benzene rings is 1. The standard InChI is InChI=1S/C14H15FN4/c15-9-1-2-11-8(5-9)6-12-13(11)17-18-14(12)19-4-3-10(16)7-19/h1-2,5,10H,3-4,6-7,16H2,(H,17,18). The molecule has 0 spiro atoms. The summed E-state index contributed by atoms with van der Waals surface area (Å²) in [5.41, 5.74) is 10.3. The fourth-order valence-electron chi connectivity index (χ4n) is 3.13. The summed E-state index contributed by atoms with van der Waals surface area (Å²) < 4.78 is 13.3. The molecule has 1 aromatic carbocycles. The van der Waals surface area contributed by atoms with Crippen molar-refractivity contribution in [3.8, 4) is 11.3 Å². The van der Waals surface area contributed by atoms with Crippen molar-refractivity contribution in [2.24, 2.45) is 5.73 Å². The lowest BCUT2D eigenvalue weighted by molar-refractivity contribution is 0.626. The number of aromatic amines is 1. The Balaban J connectivity index is 1.75. The van der Waals surface area contributed by atoms with Gasteiger partial charge in [0.2, 0.25) is 0 Å². The molecule has 3 N–H and O–H groups in total. The van der Waals surface area contributed by atoms with Crippen molar-refractivity contribution >= 4 is 5.82 Å². The van der Waals surface area contributed by atoms with Crippen molar-refractivity contribution in [3.05, 3.63) is 35.1 Å². The molecule has 0 radical (unpaired) electrons. The number of hydrogen-bond donors (Lipinski definition) is 2. The minimum atomic E-state index is -0.179. The van der Waals surface area contributed by atoms with Gasteiger partial charge >= 0.3 is 0 Å². The number of halogens is 1. The van der Waals surface area contributed by atoms with Crippen molar-refractivity contribution in [1.82, 2.24) is 10.2 Å². The third-order valence-corrected chi connectivity index (χ3v) is 4.07. The molecule has 98 valence electrons. The molecule has 4 rings (SSSR count). The second-order valence-corrected chi connectivity index (χ2v) is 5.37. The first-order valence-corrected chi connectivity index (χ1v) is 6.59. The van der Waals surface area contributed by atoms with Crippen molar-refractivity contribution in [3.63, 3.8) is 0 Å². The van der Waals surface area contributed by atoms with E-state index >= 15 is 0 Å². The molecule has 1 aromatic heterocycles. The van der Waals surface area contributed by atoms with Gasteiger partial charge in [0, 0.05) is 36.7 Å². The highest BCUT2D eigenvalue weighted by atomic mass is 19.1. The lowest BCUT2D eigenvalue weighted by Gasteiger charge is -2.15. The maximum atomic E-state index is 13.3. The number of fused-ring (bicyclic) bond motifs is 3. The predicted molar refractivity (Wildman–Crippen MR) is 71.6 cm³/mol. The largest absolute Gasteiger partial charge is 0.353 e. The van der Waals surface area contributed by atoms with Gasteiger partial charge in [-0.15, -0.1) is 0 Å². The zero-order valence-electron chi connectivity index (χ0n) is 10.5. The van der Waals surface area contributed by atoms with E-state index in [2.05, 4.69) is 15.1 Å². The van der Waals surface area contributed by atoms with Gasteiger partial charge in [0.25, 0.3) is 0 Å². The van der Waals surface area contributed by atoms with Gasteiger partial charge in [-0.25, -0.2) is 4.39 Å². The van der Waals surface area contributed by atoms with Crippen LogP contribution in [0.2, 0.25) is 0 Å². The SMILES string of the molecule is NC1CCN(c2n[nH]c3c2Cc2cc(F)ccc2-3)C1. The summed E-state index contributed by atoms with van der Waals surface area (Å²) in [6.07, 6.45) is 1.75. The Morgan fingerprint density at radius 2 is 2.32 bits per heavy atom. The third kappa shape index (κ3) is 1.58. The maximum absolute atomic E-state index is 13.3. The molecule has 1 unspecified atom stereocenters. The number of nitrogens with two attached hydrogens (primary N) is 1. The van der Waals surface area contributed by atoms with Crippen LogP contribution in [0.15, 0.2) is 18.2 Å². The fourth-order valence-corrected chi connectivity index (χ4v) is 3.13. The Morgan fingerprint density at radius 3 is 3.11 bits per heavy atom. The van der Waals surface area contributed by atoms with Crippen LogP contribution in [0.25, 0.3) is 11.3 Å². The molecule has 1 saturated heterocycles. The zero-order valence-corrected chi connectivity index (χ0v) is 10.5. The number of anilines is 1. The third-order valence-electron chi connectivity index (χ3n) is 4.07. The van der Waals surface area contributed by atoms with Gasteiger partial charge < -0.3 is 10.6 Å². The second-order valence-electron chi connectivity index (χ2n) is 5.37. The predicted octanol–water partition coefficient (Wildman–Crippen LogP) is 1.66. The first-order chi connectivity index (χ1) is 9.22. The van der Waals surface area contributed by atoms with Crippen molar-refractivity contribution in [1.29, 1.82) is 0 Å². The lowest BCUT2D eigenvalue weighted by Crippen LogP contribution is -2.27. The van der Waals surface area contributed by atoms with E-state index in [9.17, 15) is 4.39 Å². The maximum Gasteiger partial charge on any atom is 0.154 e. The Morgan fingerprint density at radius 1 is 1.42 bits per heavy atom. The minimum Gasteiger partial charge on any atom is -0.353 e. The molecule has 2 aromatic rings. The summed E-state index contributed by atoms with van der Waals surface area (Å²) in [5.74, 6) is 0.807. The summed E-state index contributed by atoms with van der Waals surface area (Å²) in [4.78, 5) is 2.22. The average molecular weight is 258 g/mol. The number of hydrogen-bond acceptors (Lipinski definition) is 3. The molecule has 0 amide bonds. The van der Waals surface area contributed by atoms with Crippen LogP contribution in [0.4, 0.5) is 10.2 Å². The molecular formula is C14H15FN4. The van der Waals surface area contributed by atoms with E-state index in [0.717, 1.165) is 48.6 Å². The molecule has 2 aliphatic rings. The number of nitrogens with one attached hydrogen (secondary N) is 1. The fraction of sp³-hybridized carbons (Fsp3) is 0.357. The molecule has 2 heterocycles. The smallest absolute Gasteiger partial charge is 0.154 e. The quantitative estimate of drug-likeness (QED) is 0.698. The Bertz CT molecular complexity index is 649. The van der Waals surface area contributed by atoms with Crippen molar-refractivity contribution in [2.45, 2.75) is 18.9 Å². The average Bonchev–Trinajstić information content (AvgIpc) is 3.03. The highest BCUT2D eigenvalue weighted by molar-refractivity contribution is 5.78. The van der Waals surface area contributed by atoms with Gasteiger partial charge in [-0.3, -0.25) is 5.10 Å². The van der Waals surface area contributed by atoms with Gasteiger partial charge in [-0.05, 0) is 30.2 Å². The van der Waals surface area contributed by atoms with Crippen LogP contribution in [0.5, 0.6) is 0 Å². The van der Waals surface area contributed by atoms with Crippen LogP contribution >= 0.6 is 0 Å². The van der Waals surface area contributed by atoms with Crippen LogP contribution in [0, 0.1) is 5.82 Å². The van der Waals surface area contributed by atoms with E-state index in [1.807, 2.05) is 6.07 Å². The lowest BCUT2D eigenvalue weighted by atomic mass is 10.1.